The first-order chi connectivity index (χ1) is 9.52. The van der Waals surface area contributed by atoms with Gasteiger partial charge < -0.3 is 5.32 Å². The SMILES string of the molecule is CCCNc1cc(C(C)C)nc(-c2cnn(C)c2C)n1. The smallest absolute Gasteiger partial charge is 0.165 e. The van der Waals surface area contributed by atoms with Crippen molar-refractivity contribution < 1.29 is 0 Å². The van der Waals surface area contributed by atoms with E-state index in [0.29, 0.717) is 5.92 Å². The third-order valence-electron chi connectivity index (χ3n) is 3.37. The maximum atomic E-state index is 4.68. The maximum Gasteiger partial charge on any atom is 0.165 e. The highest BCUT2D eigenvalue weighted by atomic mass is 15.3. The Bertz CT molecular complexity index is 586. The van der Waals surface area contributed by atoms with Crippen LogP contribution in [0, 0.1) is 6.92 Å². The summed E-state index contributed by atoms with van der Waals surface area (Å²) in [4.78, 5) is 9.30. The fourth-order valence-electron chi connectivity index (χ4n) is 1.94. The van der Waals surface area contributed by atoms with E-state index in [4.69, 9.17) is 0 Å². The first kappa shape index (κ1) is 14.5. The highest BCUT2D eigenvalue weighted by Gasteiger charge is 2.13. The van der Waals surface area contributed by atoms with Crippen molar-refractivity contribution in [2.75, 3.05) is 11.9 Å². The summed E-state index contributed by atoms with van der Waals surface area (Å²) in [6, 6.07) is 2.04. The van der Waals surface area contributed by atoms with E-state index in [-0.39, 0.29) is 0 Å². The third kappa shape index (κ3) is 2.98. The van der Waals surface area contributed by atoms with E-state index in [1.165, 1.54) is 0 Å². The Balaban J connectivity index is 2.46. The lowest BCUT2D eigenvalue weighted by atomic mass is 10.1. The normalized spacial score (nSPS) is 11.1. The number of nitrogens with zero attached hydrogens (tertiary/aromatic N) is 4. The van der Waals surface area contributed by atoms with Crippen molar-refractivity contribution in [2.45, 2.75) is 40.0 Å². The summed E-state index contributed by atoms with van der Waals surface area (Å²) >= 11 is 0. The quantitative estimate of drug-likeness (QED) is 0.909. The molecule has 108 valence electrons. The summed E-state index contributed by atoms with van der Waals surface area (Å²) in [5, 5.41) is 7.62. The minimum atomic E-state index is 0.371. The number of hydrogen-bond acceptors (Lipinski definition) is 4. The van der Waals surface area contributed by atoms with Gasteiger partial charge in [0.25, 0.3) is 0 Å². The Hall–Kier alpha value is -1.91. The van der Waals surface area contributed by atoms with E-state index >= 15 is 0 Å². The summed E-state index contributed by atoms with van der Waals surface area (Å²) in [5.41, 5.74) is 3.12. The first-order valence-electron chi connectivity index (χ1n) is 7.14. The van der Waals surface area contributed by atoms with Crippen LogP contribution < -0.4 is 5.32 Å². The molecule has 2 aromatic heterocycles. The Labute approximate surface area is 120 Å². The molecule has 0 aliphatic rings. The fraction of sp³-hybridized carbons (Fsp3) is 0.533. The van der Waals surface area contributed by atoms with Gasteiger partial charge in [0.1, 0.15) is 5.82 Å². The average Bonchev–Trinajstić information content (AvgIpc) is 2.76. The van der Waals surface area contributed by atoms with Gasteiger partial charge in [-0.1, -0.05) is 20.8 Å². The largest absolute Gasteiger partial charge is 0.370 e. The average molecular weight is 273 g/mol. The van der Waals surface area contributed by atoms with Gasteiger partial charge in [-0.3, -0.25) is 4.68 Å². The molecule has 0 aromatic carbocycles. The van der Waals surface area contributed by atoms with Crippen LogP contribution in [0.5, 0.6) is 0 Å². The molecule has 1 N–H and O–H groups in total. The monoisotopic (exact) mass is 273 g/mol. The lowest BCUT2D eigenvalue weighted by molar-refractivity contribution is 0.740. The van der Waals surface area contributed by atoms with E-state index in [0.717, 1.165) is 41.6 Å². The predicted molar refractivity (Wildman–Crippen MR) is 81.8 cm³/mol. The summed E-state index contributed by atoms with van der Waals surface area (Å²) in [6.07, 6.45) is 2.90. The zero-order chi connectivity index (χ0) is 14.7. The van der Waals surface area contributed by atoms with Crippen LogP contribution in [0.15, 0.2) is 12.3 Å². The van der Waals surface area contributed by atoms with Gasteiger partial charge in [-0.2, -0.15) is 5.10 Å². The zero-order valence-corrected chi connectivity index (χ0v) is 12.9. The van der Waals surface area contributed by atoms with Gasteiger partial charge in [-0.25, -0.2) is 9.97 Å². The molecule has 0 aliphatic carbocycles. The molecule has 0 radical (unpaired) electrons. The van der Waals surface area contributed by atoms with Crippen LogP contribution in [0.2, 0.25) is 0 Å². The first-order valence-corrected chi connectivity index (χ1v) is 7.14. The Morgan fingerprint density at radius 3 is 2.60 bits per heavy atom. The van der Waals surface area contributed by atoms with Crippen LogP contribution in [-0.4, -0.2) is 26.3 Å². The second-order valence-electron chi connectivity index (χ2n) is 5.35. The summed E-state index contributed by atoms with van der Waals surface area (Å²) in [5.74, 6) is 2.01. The molecule has 5 heteroatoms. The third-order valence-corrected chi connectivity index (χ3v) is 3.37. The van der Waals surface area contributed by atoms with E-state index in [9.17, 15) is 0 Å². The van der Waals surface area contributed by atoms with E-state index < -0.39 is 0 Å². The number of aromatic nitrogens is 4. The molecular weight excluding hydrogens is 250 g/mol. The molecule has 0 saturated carbocycles. The van der Waals surface area contributed by atoms with Gasteiger partial charge in [0.2, 0.25) is 0 Å². The van der Waals surface area contributed by atoms with Crippen LogP contribution >= 0.6 is 0 Å². The molecule has 0 spiro atoms. The molecule has 2 heterocycles. The van der Waals surface area contributed by atoms with Gasteiger partial charge in [0, 0.05) is 31.0 Å². The van der Waals surface area contributed by atoms with Crippen LogP contribution in [0.25, 0.3) is 11.4 Å². The number of aryl methyl sites for hydroxylation is 1. The molecule has 0 atom stereocenters. The molecule has 0 unspecified atom stereocenters. The number of rotatable bonds is 5. The van der Waals surface area contributed by atoms with Crippen molar-refractivity contribution in [3.63, 3.8) is 0 Å². The minimum Gasteiger partial charge on any atom is -0.370 e. The molecule has 0 bridgehead atoms. The fourth-order valence-corrected chi connectivity index (χ4v) is 1.94. The van der Waals surface area contributed by atoms with Gasteiger partial charge in [-0.05, 0) is 19.3 Å². The minimum absolute atomic E-state index is 0.371. The van der Waals surface area contributed by atoms with Crippen LogP contribution in [0.4, 0.5) is 5.82 Å². The standard InChI is InChI=1S/C15H23N5/c1-6-7-16-14-8-13(10(2)3)18-15(19-14)12-9-17-20(5)11(12)4/h8-10H,6-7H2,1-5H3,(H,16,18,19). The maximum absolute atomic E-state index is 4.68. The van der Waals surface area contributed by atoms with E-state index in [2.05, 4.69) is 41.2 Å². The molecule has 0 amide bonds. The van der Waals surface area contributed by atoms with E-state index in [1.807, 2.05) is 30.9 Å². The van der Waals surface area contributed by atoms with Crippen molar-refractivity contribution in [2.24, 2.45) is 7.05 Å². The highest BCUT2D eigenvalue weighted by Crippen LogP contribution is 2.23. The highest BCUT2D eigenvalue weighted by molar-refractivity contribution is 5.59. The van der Waals surface area contributed by atoms with Gasteiger partial charge in [0.05, 0.1) is 11.8 Å². The summed E-state index contributed by atoms with van der Waals surface area (Å²) < 4.78 is 1.85. The molecular formula is C15H23N5. The lowest BCUT2D eigenvalue weighted by Crippen LogP contribution is -2.06. The molecule has 0 fully saturated rings. The second kappa shape index (κ2) is 6.03. The van der Waals surface area contributed by atoms with Crippen LogP contribution in [0.1, 0.15) is 44.5 Å². The van der Waals surface area contributed by atoms with Crippen molar-refractivity contribution in [1.29, 1.82) is 0 Å². The lowest BCUT2D eigenvalue weighted by Gasteiger charge is -2.11. The zero-order valence-electron chi connectivity index (χ0n) is 12.9. The second-order valence-corrected chi connectivity index (χ2v) is 5.35. The van der Waals surface area contributed by atoms with Crippen molar-refractivity contribution in [3.8, 4) is 11.4 Å². The van der Waals surface area contributed by atoms with Gasteiger partial charge in [-0.15, -0.1) is 0 Å². The van der Waals surface area contributed by atoms with Crippen LogP contribution in [0.3, 0.4) is 0 Å². The van der Waals surface area contributed by atoms with Gasteiger partial charge >= 0.3 is 0 Å². The summed E-state index contributed by atoms with van der Waals surface area (Å²) in [6.45, 7) is 9.38. The van der Waals surface area contributed by atoms with Gasteiger partial charge in [0.15, 0.2) is 5.82 Å². The molecule has 0 saturated heterocycles. The van der Waals surface area contributed by atoms with Crippen molar-refractivity contribution in [3.05, 3.63) is 23.7 Å². The molecule has 0 aliphatic heterocycles. The topological polar surface area (TPSA) is 55.6 Å². The van der Waals surface area contributed by atoms with Crippen LogP contribution in [-0.2, 0) is 7.05 Å². The summed E-state index contributed by atoms with van der Waals surface area (Å²) in [7, 11) is 1.93. The molecule has 2 aromatic rings. The van der Waals surface area contributed by atoms with Crippen molar-refractivity contribution in [1.82, 2.24) is 19.7 Å². The van der Waals surface area contributed by atoms with Crippen molar-refractivity contribution >= 4 is 5.82 Å². The molecule has 5 nitrogen and oxygen atoms in total. The molecule has 20 heavy (non-hydrogen) atoms. The number of anilines is 1. The predicted octanol–water partition coefficient (Wildman–Crippen LogP) is 3.13. The Morgan fingerprint density at radius 1 is 1.30 bits per heavy atom. The Kier molecular flexibility index (Phi) is 4.37. The molecule has 2 rings (SSSR count). The Morgan fingerprint density at radius 2 is 2.05 bits per heavy atom. The number of hydrogen-bond donors (Lipinski definition) is 1. The number of nitrogens with one attached hydrogen (secondary N) is 1. The van der Waals surface area contributed by atoms with E-state index in [1.54, 1.807) is 0 Å².